The van der Waals surface area contributed by atoms with Crippen molar-refractivity contribution in [3.05, 3.63) is 83.5 Å². The lowest BCUT2D eigenvalue weighted by Crippen LogP contribution is -2.26. The molecule has 0 aliphatic carbocycles. The van der Waals surface area contributed by atoms with E-state index in [1.165, 1.54) is 16.7 Å². The third kappa shape index (κ3) is 4.09. The number of rotatable bonds is 6. The summed E-state index contributed by atoms with van der Waals surface area (Å²) < 4.78 is 5.84. The molecule has 1 aliphatic heterocycles. The van der Waals surface area contributed by atoms with Crippen molar-refractivity contribution >= 4 is 11.3 Å². The van der Waals surface area contributed by atoms with E-state index in [0.717, 1.165) is 23.6 Å². The first-order chi connectivity index (χ1) is 12.4. The minimum absolute atomic E-state index is 0.399. The van der Waals surface area contributed by atoms with Crippen LogP contribution in [0.15, 0.2) is 72.4 Å². The monoisotopic (exact) mass is 348 g/mol. The van der Waals surface area contributed by atoms with Gasteiger partial charge in [-0.1, -0.05) is 42.5 Å². The van der Waals surface area contributed by atoms with E-state index in [4.69, 9.17) is 4.74 Å². The Morgan fingerprint density at radius 2 is 1.80 bits per heavy atom. The van der Waals surface area contributed by atoms with Crippen LogP contribution >= 0.6 is 11.3 Å². The first kappa shape index (κ1) is 15.9. The highest BCUT2D eigenvalue weighted by molar-refractivity contribution is 7.13. The smallest absolute Gasteiger partial charge is 0.123 e. The molecule has 3 nitrogen and oxygen atoms in total. The van der Waals surface area contributed by atoms with E-state index >= 15 is 0 Å². The molecule has 0 bridgehead atoms. The van der Waals surface area contributed by atoms with E-state index in [2.05, 4.69) is 64.9 Å². The molecule has 25 heavy (non-hydrogen) atoms. The maximum Gasteiger partial charge on any atom is 0.123 e. The van der Waals surface area contributed by atoms with Crippen LogP contribution in [0.25, 0.3) is 10.6 Å². The molecule has 1 atom stereocenters. The molecule has 2 heterocycles. The zero-order chi connectivity index (χ0) is 16.9. The first-order valence-corrected chi connectivity index (χ1v) is 9.36. The standard InChI is InChI=1S/C21H20N2OS/c1-2-19(22-11-1)15-24-20-9-5-17(6-10-20)14-16-3-7-18(8-4-16)21-23-12-13-25-21/h1,3-13,19,22H,2,14-15H2/t19-/m0/s1. The number of nitrogens with one attached hydrogen (secondary N) is 1. The number of nitrogens with zero attached hydrogens (tertiary/aromatic N) is 1. The molecule has 4 heteroatoms. The van der Waals surface area contributed by atoms with Crippen molar-refractivity contribution in [2.75, 3.05) is 6.61 Å². The van der Waals surface area contributed by atoms with Gasteiger partial charge in [-0.3, -0.25) is 0 Å². The molecule has 0 saturated heterocycles. The first-order valence-electron chi connectivity index (χ1n) is 8.48. The Morgan fingerprint density at radius 1 is 1.04 bits per heavy atom. The summed E-state index contributed by atoms with van der Waals surface area (Å²) in [5, 5.41) is 6.35. The summed E-state index contributed by atoms with van der Waals surface area (Å²) in [5.41, 5.74) is 3.77. The van der Waals surface area contributed by atoms with Gasteiger partial charge in [0.05, 0.1) is 6.04 Å². The zero-order valence-electron chi connectivity index (χ0n) is 13.9. The highest BCUT2D eigenvalue weighted by atomic mass is 32.1. The Hall–Kier alpha value is -2.59. The van der Waals surface area contributed by atoms with E-state index in [1.54, 1.807) is 11.3 Å². The summed E-state index contributed by atoms with van der Waals surface area (Å²) in [6, 6.07) is 17.5. The number of ether oxygens (including phenoxy) is 1. The second-order valence-corrected chi connectivity index (χ2v) is 7.06. The quantitative estimate of drug-likeness (QED) is 0.704. The molecule has 4 rings (SSSR count). The van der Waals surface area contributed by atoms with Crippen LogP contribution in [0.4, 0.5) is 0 Å². The Labute approximate surface area is 152 Å². The van der Waals surface area contributed by atoms with Crippen LogP contribution in [0.2, 0.25) is 0 Å². The Balaban J connectivity index is 1.34. The topological polar surface area (TPSA) is 34.1 Å². The Morgan fingerprint density at radius 3 is 2.44 bits per heavy atom. The van der Waals surface area contributed by atoms with Gasteiger partial charge in [-0.25, -0.2) is 4.98 Å². The van der Waals surface area contributed by atoms with Crippen LogP contribution in [0.3, 0.4) is 0 Å². The van der Waals surface area contributed by atoms with Crippen LogP contribution in [-0.2, 0) is 6.42 Å². The second kappa shape index (κ2) is 7.53. The summed E-state index contributed by atoms with van der Waals surface area (Å²) in [4.78, 5) is 4.35. The fourth-order valence-electron chi connectivity index (χ4n) is 2.89. The van der Waals surface area contributed by atoms with Crippen molar-refractivity contribution in [2.24, 2.45) is 0 Å². The van der Waals surface area contributed by atoms with Crippen molar-refractivity contribution in [1.29, 1.82) is 0 Å². The van der Waals surface area contributed by atoms with E-state index in [-0.39, 0.29) is 0 Å². The van der Waals surface area contributed by atoms with Gasteiger partial charge < -0.3 is 10.1 Å². The summed E-state index contributed by atoms with van der Waals surface area (Å²) in [6.07, 6.45) is 7.94. The maximum atomic E-state index is 5.84. The van der Waals surface area contributed by atoms with Crippen molar-refractivity contribution in [2.45, 2.75) is 18.9 Å². The molecule has 126 valence electrons. The van der Waals surface area contributed by atoms with Gasteiger partial charge in [-0.05, 0) is 42.3 Å². The summed E-state index contributed by atoms with van der Waals surface area (Å²) in [5.74, 6) is 0.927. The van der Waals surface area contributed by atoms with Crippen molar-refractivity contribution < 1.29 is 4.74 Å². The van der Waals surface area contributed by atoms with Gasteiger partial charge in [0.25, 0.3) is 0 Å². The van der Waals surface area contributed by atoms with Gasteiger partial charge >= 0.3 is 0 Å². The maximum absolute atomic E-state index is 5.84. The summed E-state index contributed by atoms with van der Waals surface area (Å²) in [6.45, 7) is 0.699. The van der Waals surface area contributed by atoms with E-state index in [9.17, 15) is 0 Å². The minimum Gasteiger partial charge on any atom is -0.491 e. The van der Waals surface area contributed by atoms with E-state index in [0.29, 0.717) is 12.6 Å². The molecule has 1 aliphatic rings. The third-order valence-corrected chi connectivity index (χ3v) is 5.11. The molecule has 0 spiro atoms. The van der Waals surface area contributed by atoms with E-state index < -0.39 is 0 Å². The fraction of sp³-hybridized carbons (Fsp3) is 0.190. The summed E-state index contributed by atoms with van der Waals surface area (Å²) >= 11 is 1.67. The second-order valence-electron chi connectivity index (χ2n) is 6.17. The van der Waals surface area contributed by atoms with Crippen molar-refractivity contribution in [3.8, 4) is 16.3 Å². The van der Waals surface area contributed by atoms with Crippen LogP contribution in [-0.4, -0.2) is 17.6 Å². The molecule has 3 aromatic rings. The fourth-order valence-corrected chi connectivity index (χ4v) is 3.53. The number of benzene rings is 2. The highest BCUT2D eigenvalue weighted by Crippen LogP contribution is 2.23. The largest absolute Gasteiger partial charge is 0.491 e. The lowest BCUT2D eigenvalue weighted by atomic mass is 10.0. The molecule has 1 N–H and O–H groups in total. The third-order valence-electron chi connectivity index (χ3n) is 4.29. The number of hydrogen-bond donors (Lipinski definition) is 1. The lowest BCUT2D eigenvalue weighted by molar-refractivity contribution is 0.280. The Bertz CT molecular complexity index is 815. The molecule has 1 aromatic heterocycles. The predicted molar refractivity (Wildman–Crippen MR) is 103 cm³/mol. The van der Waals surface area contributed by atoms with Gasteiger partial charge in [0.15, 0.2) is 0 Å². The molecule has 0 saturated carbocycles. The summed E-state index contributed by atoms with van der Waals surface area (Å²) in [7, 11) is 0. The van der Waals surface area contributed by atoms with Gasteiger partial charge in [-0.15, -0.1) is 11.3 Å². The molecule has 0 radical (unpaired) electrons. The zero-order valence-corrected chi connectivity index (χ0v) is 14.7. The normalized spacial score (nSPS) is 15.9. The highest BCUT2D eigenvalue weighted by Gasteiger charge is 2.09. The average Bonchev–Trinajstić information content (AvgIpc) is 3.36. The van der Waals surface area contributed by atoms with Gasteiger partial charge in [-0.2, -0.15) is 0 Å². The molecule has 2 aromatic carbocycles. The van der Waals surface area contributed by atoms with Gasteiger partial charge in [0.2, 0.25) is 0 Å². The van der Waals surface area contributed by atoms with E-state index in [1.807, 2.05) is 17.8 Å². The number of thiazole rings is 1. The van der Waals surface area contributed by atoms with Crippen LogP contribution < -0.4 is 10.1 Å². The molecule has 0 amide bonds. The SMILES string of the molecule is C1=CN[C@H](COc2ccc(Cc3ccc(-c4nccs4)cc3)cc2)C1. The molecule has 0 fully saturated rings. The van der Waals surface area contributed by atoms with Crippen LogP contribution in [0.5, 0.6) is 5.75 Å². The molecular weight excluding hydrogens is 328 g/mol. The lowest BCUT2D eigenvalue weighted by Gasteiger charge is -2.13. The van der Waals surface area contributed by atoms with Crippen LogP contribution in [0.1, 0.15) is 17.5 Å². The van der Waals surface area contributed by atoms with Gasteiger partial charge in [0, 0.05) is 17.1 Å². The number of hydrogen-bond acceptors (Lipinski definition) is 4. The molecule has 0 unspecified atom stereocenters. The predicted octanol–water partition coefficient (Wildman–Crippen LogP) is 4.66. The Kier molecular flexibility index (Phi) is 4.79. The average molecular weight is 348 g/mol. The van der Waals surface area contributed by atoms with Crippen molar-refractivity contribution in [1.82, 2.24) is 10.3 Å². The number of aromatic nitrogens is 1. The van der Waals surface area contributed by atoms with Gasteiger partial charge in [0.1, 0.15) is 17.4 Å². The van der Waals surface area contributed by atoms with Crippen molar-refractivity contribution in [3.63, 3.8) is 0 Å². The minimum atomic E-state index is 0.399. The molecular formula is C21H20N2OS. The van der Waals surface area contributed by atoms with Crippen LogP contribution in [0, 0.1) is 0 Å².